The Morgan fingerprint density at radius 1 is 1.09 bits per heavy atom. The number of amides is 1. The largest absolute Gasteiger partial charge is 0.496 e. The molecule has 0 spiro atoms. The van der Waals surface area contributed by atoms with Gasteiger partial charge in [-0.2, -0.15) is 0 Å². The van der Waals surface area contributed by atoms with Gasteiger partial charge in [0.05, 0.1) is 26.9 Å². The minimum atomic E-state index is -0.0559. The fraction of sp³-hybridized carbons (Fsp3) is 0.353. The van der Waals surface area contributed by atoms with E-state index in [9.17, 15) is 4.79 Å². The van der Waals surface area contributed by atoms with Crippen molar-refractivity contribution in [2.45, 2.75) is 13.0 Å². The normalized spacial score (nSPS) is 13.4. The van der Waals surface area contributed by atoms with Gasteiger partial charge in [-0.1, -0.05) is 0 Å². The molecule has 1 aromatic heterocycles. The molecule has 1 aliphatic rings. The molecule has 3 rings (SSSR count). The summed E-state index contributed by atoms with van der Waals surface area (Å²) in [6.07, 6.45) is 0.897. The number of carbonyl (C=O) groups is 1. The minimum Gasteiger partial charge on any atom is -0.496 e. The van der Waals surface area contributed by atoms with Crippen LogP contribution in [0.5, 0.6) is 17.2 Å². The predicted molar refractivity (Wildman–Crippen MR) is 88.9 cm³/mol. The highest BCUT2D eigenvalue weighted by Crippen LogP contribution is 2.36. The van der Waals surface area contributed by atoms with Crippen molar-refractivity contribution >= 4 is 17.2 Å². The Morgan fingerprint density at radius 2 is 1.78 bits per heavy atom. The van der Waals surface area contributed by atoms with Crippen LogP contribution in [0.3, 0.4) is 0 Å². The van der Waals surface area contributed by atoms with Gasteiger partial charge in [0.1, 0.15) is 5.75 Å². The Bertz CT molecular complexity index is 725. The van der Waals surface area contributed by atoms with Crippen LogP contribution >= 0.6 is 11.3 Å². The van der Waals surface area contributed by atoms with Crippen LogP contribution in [0.15, 0.2) is 23.6 Å². The van der Waals surface area contributed by atoms with E-state index in [0.29, 0.717) is 35.9 Å². The molecule has 0 fully saturated rings. The first-order chi connectivity index (χ1) is 11.2. The summed E-state index contributed by atoms with van der Waals surface area (Å²) in [7, 11) is 4.66. The lowest BCUT2D eigenvalue weighted by Gasteiger charge is -2.28. The van der Waals surface area contributed by atoms with Crippen LogP contribution in [0.4, 0.5) is 0 Å². The fourth-order valence-electron chi connectivity index (χ4n) is 2.79. The summed E-state index contributed by atoms with van der Waals surface area (Å²) in [5, 5.41) is 2.08. The Hall–Kier alpha value is -2.21. The molecule has 1 aliphatic heterocycles. The second-order valence-electron chi connectivity index (χ2n) is 5.25. The van der Waals surface area contributed by atoms with Gasteiger partial charge in [0.25, 0.3) is 5.91 Å². The summed E-state index contributed by atoms with van der Waals surface area (Å²) in [5.74, 6) is 1.49. The predicted octanol–water partition coefficient (Wildman–Crippen LogP) is 2.97. The molecule has 0 atom stereocenters. The molecule has 2 heterocycles. The van der Waals surface area contributed by atoms with Gasteiger partial charge in [-0.25, -0.2) is 0 Å². The molecular formula is C17H19NO4S. The summed E-state index contributed by atoms with van der Waals surface area (Å²) in [6.45, 7) is 1.35. The SMILES string of the molecule is COc1cc(OC)c(C(=O)N2CCc3sccc3C2)cc1OC. The molecule has 6 heteroatoms. The highest BCUT2D eigenvalue weighted by Gasteiger charge is 2.26. The van der Waals surface area contributed by atoms with Gasteiger partial charge in [0.2, 0.25) is 0 Å². The maximum absolute atomic E-state index is 12.9. The van der Waals surface area contributed by atoms with E-state index in [1.54, 1.807) is 44.8 Å². The molecule has 5 nitrogen and oxygen atoms in total. The second-order valence-corrected chi connectivity index (χ2v) is 6.25. The van der Waals surface area contributed by atoms with Gasteiger partial charge in [-0.05, 0) is 23.4 Å². The maximum Gasteiger partial charge on any atom is 0.258 e. The van der Waals surface area contributed by atoms with E-state index >= 15 is 0 Å². The first-order valence-electron chi connectivity index (χ1n) is 7.32. The molecule has 0 saturated carbocycles. The van der Waals surface area contributed by atoms with E-state index in [1.807, 2.05) is 4.90 Å². The number of benzene rings is 1. The van der Waals surface area contributed by atoms with Gasteiger partial charge in [0, 0.05) is 30.1 Å². The number of methoxy groups -OCH3 is 3. The molecule has 1 amide bonds. The summed E-state index contributed by atoms with van der Waals surface area (Å²) in [4.78, 5) is 16.1. The summed E-state index contributed by atoms with van der Waals surface area (Å²) >= 11 is 1.75. The van der Waals surface area contributed by atoms with Crippen molar-refractivity contribution in [1.29, 1.82) is 0 Å². The van der Waals surface area contributed by atoms with Gasteiger partial charge < -0.3 is 19.1 Å². The van der Waals surface area contributed by atoms with Crippen molar-refractivity contribution in [1.82, 2.24) is 4.90 Å². The molecular weight excluding hydrogens is 314 g/mol. The third-order valence-corrected chi connectivity index (χ3v) is 5.05. The van der Waals surface area contributed by atoms with Gasteiger partial charge in [-0.3, -0.25) is 4.79 Å². The number of hydrogen-bond donors (Lipinski definition) is 0. The van der Waals surface area contributed by atoms with Crippen LogP contribution < -0.4 is 14.2 Å². The molecule has 1 aromatic carbocycles. The molecule has 0 saturated heterocycles. The summed E-state index contributed by atoms with van der Waals surface area (Å²) in [5.41, 5.74) is 1.72. The second kappa shape index (κ2) is 6.50. The standard InChI is InChI=1S/C17H19NO4S/c1-20-13-9-15(22-3)14(21-2)8-12(13)17(19)18-6-4-16-11(10-18)5-7-23-16/h5,7-9H,4,6,10H2,1-3H3. The number of rotatable bonds is 4. The Balaban J connectivity index is 1.93. The first kappa shape index (κ1) is 15.7. The lowest BCUT2D eigenvalue weighted by molar-refractivity contribution is 0.0732. The van der Waals surface area contributed by atoms with Crippen molar-refractivity contribution in [2.75, 3.05) is 27.9 Å². The Kier molecular flexibility index (Phi) is 4.43. The van der Waals surface area contributed by atoms with Gasteiger partial charge >= 0.3 is 0 Å². The number of ether oxygens (including phenoxy) is 3. The molecule has 122 valence electrons. The van der Waals surface area contributed by atoms with E-state index in [0.717, 1.165) is 6.42 Å². The average Bonchev–Trinajstić information content (AvgIpc) is 3.07. The number of fused-ring (bicyclic) bond motifs is 1. The zero-order valence-electron chi connectivity index (χ0n) is 13.4. The molecule has 0 N–H and O–H groups in total. The number of thiophene rings is 1. The van der Waals surface area contributed by atoms with E-state index in [-0.39, 0.29) is 5.91 Å². The Labute approximate surface area is 139 Å². The molecule has 0 bridgehead atoms. The molecule has 2 aromatic rings. The van der Waals surface area contributed by atoms with Crippen molar-refractivity contribution in [3.05, 3.63) is 39.6 Å². The molecule has 0 unspecified atom stereocenters. The highest BCUT2D eigenvalue weighted by molar-refractivity contribution is 7.10. The van der Waals surface area contributed by atoms with E-state index in [1.165, 1.54) is 10.4 Å². The van der Waals surface area contributed by atoms with Crippen LogP contribution in [0, 0.1) is 0 Å². The van der Waals surface area contributed by atoms with Crippen LogP contribution in [0.25, 0.3) is 0 Å². The minimum absolute atomic E-state index is 0.0559. The van der Waals surface area contributed by atoms with Crippen LogP contribution in [0.1, 0.15) is 20.8 Å². The third-order valence-electron chi connectivity index (χ3n) is 4.03. The van der Waals surface area contributed by atoms with Crippen molar-refractivity contribution in [3.8, 4) is 17.2 Å². The van der Waals surface area contributed by atoms with E-state index in [2.05, 4.69) is 11.4 Å². The topological polar surface area (TPSA) is 48.0 Å². The number of hydrogen-bond acceptors (Lipinski definition) is 5. The van der Waals surface area contributed by atoms with Crippen molar-refractivity contribution in [2.24, 2.45) is 0 Å². The summed E-state index contributed by atoms with van der Waals surface area (Å²) < 4.78 is 15.9. The average molecular weight is 333 g/mol. The third kappa shape index (κ3) is 2.86. The fourth-order valence-corrected chi connectivity index (χ4v) is 3.68. The quantitative estimate of drug-likeness (QED) is 0.863. The number of nitrogens with zero attached hydrogens (tertiary/aromatic N) is 1. The number of carbonyl (C=O) groups excluding carboxylic acids is 1. The molecule has 23 heavy (non-hydrogen) atoms. The van der Waals surface area contributed by atoms with Crippen LogP contribution in [0.2, 0.25) is 0 Å². The zero-order chi connectivity index (χ0) is 16.4. The van der Waals surface area contributed by atoms with Gasteiger partial charge in [0.15, 0.2) is 11.5 Å². The van der Waals surface area contributed by atoms with Crippen LogP contribution in [-0.2, 0) is 13.0 Å². The van der Waals surface area contributed by atoms with E-state index in [4.69, 9.17) is 14.2 Å². The molecule has 0 radical (unpaired) electrons. The Morgan fingerprint density at radius 3 is 2.48 bits per heavy atom. The zero-order valence-corrected chi connectivity index (χ0v) is 14.2. The monoisotopic (exact) mass is 333 g/mol. The van der Waals surface area contributed by atoms with E-state index < -0.39 is 0 Å². The van der Waals surface area contributed by atoms with Gasteiger partial charge in [-0.15, -0.1) is 11.3 Å². The maximum atomic E-state index is 12.9. The van der Waals surface area contributed by atoms with Crippen molar-refractivity contribution in [3.63, 3.8) is 0 Å². The smallest absolute Gasteiger partial charge is 0.258 e. The lowest BCUT2D eigenvalue weighted by Crippen LogP contribution is -2.35. The van der Waals surface area contributed by atoms with Crippen molar-refractivity contribution < 1.29 is 19.0 Å². The van der Waals surface area contributed by atoms with Crippen LogP contribution in [-0.4, -0.2) is 38.7 Å². The lowest BCUT2D eigenvalue weighted by atomic mass is 10.1. The molecule has 0 aliphatic carbocycles. The summed E-state index contributed by atoms with van der Waals surface area (Å²) in [6, 6.07) is 5.46. The highest BCUT2D eigenvalue weighted by atomic mass is 32.1. The first-order valence-corrected chi connectivity index (χ1v) is 8.20.